The van der Waals surface area contributed by atoms with Crippen LogP contribution in [0.4, 0.5) is 12.3 Å². The summed E-state index contributed by atoms with van der Waals surface area (Å²) in [6.45, 7) is 25.2. The minimum absolute atomic E-state index is 0. The van der Waals surface area contributed by atoms with Gasteiger partial charge in [0, 0.05) is 0 Å². The summed E-state index contributed by atoms with van der Waals surface area (Å²) < 4.78 is 35.3. The van der Waals surface area contributed by atoms with Crippen LogP contribution in [0.15, 0.2) is 24.3 Å². The van der Waals surface area contributed by atoms with E-state index in [1.165, 1.54) is 12.1 Å². The predicted molar refractivity (Wildman–Crippen MR) is 132 cm³/mol. The Morgan fingerprint density at radius 1 is 0.516 bits per heavy atom. The molecule has 0 heterocycles. The Hall–Kier alpha value is 0.107. The molecule has 0 aliphatic carbocycles. The van der Waals surface area contributed by atoms with Crippen LogP contribution in [0.3, 0.4) is 0 Å². The molecule has 0 aromatic heterocycles. The zero-order chi connectivity index (χ0) is 24.5. The summed E-state index contributed by atoms with van der Waals surface area (Å²) in [7, 11) is -5.48. The van der Waals surface area contributed by atoms with Crippen LogP contribution in [-0.2, 0) is 25.8 Å². The van der Waals surface area contributed by atoms with Gasteiger partial charge in [0.2, 0.25) is 0 Å². The van der Waals surface area contributed by atoms with Gasteiger partial charge in [0.05, 0.1) is 0 Å². The van der Waals surface area contributed by atoms with E-state index in [1.807, 2.05) is 0 Å². The second kappa shape index (κ2) is 21.9. The second-order valence-electron chi connectivity index (χ2n) is 8.68. The molecule has 0 bridgehead atoms. The number of nitrogens with zero attached hydrogens (tertiary/aromatic N) is 3. The molecule has 0 unspecified atom stereocenters. The molecule has 3 nitrogen and oxygen atoms in total. The van der Waals surface area contributed by atoms with Gasteiger partial charge in [-0.25, -0.2) is 24.5 Å². The summed E-state index contributed by atoms with van der Waals surface area (Å²) in [5.41, 5.74) is 0. The van der Waals surface area contributed by atoms with E-state index in [1.54, 1.807) is 0 Å². The van der Waals surface area contributed by atoms with Crippen LogP contribution in [0, 0.1) is 0 Å². The molecule has 0 aliphatic rings. The molecule has 0 spiro atoms. The van der Waals surface area contributed by atoms with E-state index in [0.717, 1.165) is 12.1 Å². The van der Waals surface area contributed by atoms with Crippen molar-refractivity contribution in [2.45, 2.75) is 119 Å². The van der Waals surface area contributed by atoms with E-state index >= 15 is 0 Å². The zero-order valence-electron chi connectivity index (χ0n) is 21.7. The molecule has 1 aromatic rings. The van der Waals surface area contributed by atoms with Crippen molar-refractivity contribution in [3.63, 3.8) is 0 Å². The molecule has 1 rings (SSSR count). The maximum atomic E-state index is 11.8. The molecule has 0 saturated carbocycles. The van der Waals surface area contributed by atoms with Crippen molar-refractivity contribution in [3.05, 3.63) is 40.2 Å². The Labute approximate surface area is 211 Å². The first-order valence-corrected chi connectivity index (χ1v) is 12.5. The predicted octanol–water partition coefficient (Wildman–Crippen LogP) is 7.99. The van der Waals surface area contributed by atoms with Crippen LogP contribution in [0.5, 0.6) is 0 Å². The third kappa shape index (κ3) is 37.7. The van der Waals surface area contributed by atoms with E-state index in [0.29, 0.717) is 36.3 Å². The van der Waals surface area contributed by atoms with Gasteiger partial charge < -0.3 is 16.0 Å². The first-order chi connectivity index (χ1) is 13.5. The second-order valence-corrected chi connectivity index (χ2v) is 10.3. The van der Waals surface area contributed by atoms with Crippen LogP contribution < -0.4 is 5.19 Å². The molecule has 0 saturated heterocycles. The van der Waals surface area contributed by atoms with E-state index in [9.17, 15) is 12.3 Å². The largest absolute Gasteiger partial charge is 4.00 e. The SMILES string of the molecule is CC(C)[N-]C(C)C.CC(C)[N-]C(C)C.CC(C)[N-]C(C)C.F[Si](F)(F)[c-]1cccc1.[Hf+4]. The van der Waals surface area contributed by atoms with Gasteiger partial charge in [-0.15, -0.1) is 36.3 Å². The number of hydrogen-bond donors (Lipinski definition) is 0. The molecule has 31 heavy (non-hydrogen) atoms. The quantitative estimate of drug-likeness (QED) is 0.167. The standard InChI is InChI=1S/3C6H14N.C5H4F3Si.Hf/c3*1-5(2)7-6(3)4;6-9(7,8)5-3-1-2-4-5;/h3*5-6H,1-4H3;1-4H;/q4*-1;+4. The first-order valence-electron chi connectivity index (χ1n) is 10.9. The van der Waals surface area contributed by atoms with Gasteiger partial charge in [0.15, 0.2) is 0 Å². The van der Waals surface area contributed by atoms with E-state index < -0.39 is 14.3 Å². The van der Waals surface area contributed by atoms with E-state index in [2.05, 4.69) is 99.0 Å². The molecule has 0 aliphatic heterocycles. The Kier molecular flexibility index (Phi) is 27.1. The van der Waals surface area contributed by atoms with Crippen molar-refractivity contribution in [2.24, 2.45) is 0 Å². The van der Waals surface area contributed by atoms with Crippen LogP contribution in [0.25, 0.3) is 16.0 Å². The minimum atomic E-state index is -5.48. The smallest absolute Gasteiger partial charge is 0.658 e. The van der Waals surface area contributed by atoms with Gasteiger partial charge in [-0.1, -0.05) is 88.3 Å². The monoisotopic (exact) mass is 629 g/mol. The molecule has 0 amide bonds. The fraction of sp³-hybridized carbons (Fsp3) is 0.783. The number of rotatable bonds is 7. The molecule has 0 fully saturated rings. The maximum Gasteiger partial charge on any atom is 4.00 e. The first kappa shape index (κ1) is 38.4. The topological polar surface area (TPSA) is 42.3 Å². The summed E-state index contributed by atoms with van der Waals surface area (Å²) in [6, 6.07) is 8.00. The molecule has 0 N–H and O–H groups in total. The van der Waals surface area contributed by atoms with Crippen molar-refractivity contribution in [1.82, 2.24) is 0 Å². The van der Waals surface area contributed by atoms with Crippen molar-refractivity contribution >= 4 is 14.3 Å². The molecule has 182 valence electrons. The summed E-state index contributed by atoms with van der Waals surface area (Å²) in [4.78, 5) is 0. The summed E-state index contributed by atoms with van der Waals surface area (Å²) in [5.74, 6) is 0. The van der Waals surface area contributed by atoms with E-state index in [4.69, 9.17) is 0 Å². The number of hydrogen-bond acceptors (Lipinski definition) is 0. The van der Waals surface area contributed by atoms with Gasteiger partial charge in [-0.2, -0.15) is 12.1 Å². The van der Waals surface area contributed by atoms with Gasteiger partial charge in [-0.05, 0) is 0 Å². The minimum Gasteiger partial charge on any atom is -0.658 e. The zero-order valence-corrected chi connectivity index (χ0v) is 26.3. The Morgan fingerprint density at radius 2 is 0.710 bits per heavy atom. The van der Waals surface area contributed by atoms with Gasteiger partial charge in [0.1, 0.15) is 0 Å². The fourth-order valence-electron chi connectivity index (χ4n) is 2.35. The van der Waals surface area contributed by atoms with Crippen LogP contribution in [0.2, 0.25) is 0 Å². The molecule has 0 atom stereocenters. The van der Waals surface area contributed by atoms with Crippen LogP contribution >= 0.6 is 0 Å². The molecular weight excluding hydrogens is 582 g/mol. The fourth-order valence-corrected chi connectivity index (χ4v) is 2.92. The molecular formula is C23H46F3HfN3Si. The summed E-state index contributed by atoms with van der Waals surface area (Å²) in [6.07, 6.45) is 0. The van der Waals surface area contributed by atoms with Crippen molar-refractivity contribution < 1.29 is 38.2 Å². The average molecular weight is 628 g/mol. The Balaban J connectivity index is -0.000000156. The van der Waals surface area contributed by atoms with Gasteiger partial charge in [0.25, 0.3) is 0 Å². The average Bonchev–Trinajstić information content (AvgIpc) is 2.98. The maximum absolute atomic E-state index is 11.8. The molecule has 8 heteroatoms. The van der Waals surface area contributed by atoms with Crippen LogP contribution in [-0.4, -0.2) is 45.3 Å². The Morgan fingerprint density at radius 3 is 0.774 bits per heavy atom. The number of halogens is 3. The van der Waals surface area contributed by atoms with Crippen molar-refractivity contribution in [1.29, 1.82) is 0 Å². The summed E-state index contributed by atoms with van der Waals surface area (Å²) >= 11 is 0. The van der Waals surface area contributed by atoms with Crippen molar-refractivity contribution in [3.8, 4) is 0 Å². The van der Waals surface area contributed by atoms with Crippen molar-refractivity contribution in [2.75, 3.05) is 0 Å². The summed E-state index contributed by atoms with van der Waals surface area (Å²) in [5, 5.41) is 12.4. The molecule has 0 radical (unpaired) electrons. The van der Waals surface area contributed by atoms with Gasteiger partial charge in [-0.3, -0.25) is 0 Å². The molecule has 1 aromatic carbocycles. The third-order valence-corrected chi connectivity index (χ3v) is 3.77. The Bertz CT molecular complexity index is 410. The van der Waals surface area contributed by atoms with E-state index in [-0.39, 0.29) is 25.8 Å². The normalized spacial score (nSPS) is 11.0. The third-order valence-electron chi connectivity index (χ3n) is 2.78. The van der Waals surface area contributed by atoms with Crippen LogP contribution in [0.1, 0.15) is 83.1 Å². The van der Waals surface area contributed by atoms with Gasteiger partial charge >= 0.3 is 34.9 Å².